The zero-order valence-corrected chi connectivity index (χ0v) is 14.5. The fraction of sp³-hybridized carbons (Fsp3) is 0.467. The van der Waals surface area contributed by atoms with Crippen molar-refractivity contribution in [3.63, 3.8) is 0 Å². The molecule has 2 rings (SSSR count). The van der Waals surface area contributed by atoms with Crippen LogP contribution in [0.5, 0.6) is 0 Å². The van der Waals surface area contributed by atoms with Gasteiger partial charge in [-0.25, -0.2) is 0 Å². The van der Waals surface area contributed by atoms with E-state index < -0.39 is 0 Å². The molecular formula is C15H20BrN3S. The van der Waals surface area contributed by atoms with Gasteiger partial charge in [0.2, 0.25) is 0 Å². The molecule has 1 aromatic heterocycles. The number of halogens is 1. The van der Waals surface area contributed by atoms with Crippen molar-refractivity contribution in [2.45, 2.75) is 50.6 Å². The molecule has 108 valence electrons. The van der Waals surface area contributed by atoms with E-state index in [2.05, 4.69) is 75.7 Å². The van der Waals surface area contributed by atoms with Gasteiger partial charge in [0, 0.05) is 22.7 Å². The number of thioether (sulfide) groups is 1. The fourth-order valence-corrected chi connectivity index (χ4v) is 3.19. The molecule has 0 aliphatic carbocycles. The Hall–Kier alpha value is -0.810. The van der Waals surface area contributed by atoms with Gasteiger partial charge in [-0.15, -0.1) is 10.2 Å². The maximum atomic E-state index is 4.36. The van der Waals surface area contributed by atoms with Gasteiger partial charge >= 0.3 is 0 Å². The third-order valence-corrected chi connectivity index (χ3v) is 4.56. The van der Waals surface area contributed by atoms with Crippen LogP contribution in [0.1, 0.15) is 44.5 Å². The molecule has 0 amide bonds. The van der Waals surface area contributed by atoms with Crippen molar-refractivity contribution in [1.82, 2.24) is 14.8 Å². The third kappa shape index (κ3) is 3.85. The minimum Gasteiger partial charge on any atom is -0.306 e. The van der Waals surface area contributed by atoms with E-state index in [0.29, 0.717) is 5.92 Å². The molecule has 0 N–H and O–H groups in total. The third-order valence-electron chi connectivity index (χ3n) is 2.99. The molecule has 0 aliphatic heterocycles. The highest BCUT2D eigenvalue weighted by Gasteiger charge is 2.14. The molecule has 3 nitrogen and oxygen atoms in total. The van der Waals surface area contributed by atoms with Gasteiger partial charge in [-0.2, -0.15) is 0 Å². The van der Waals surface area contributed by atoms with Crippen LogP contribution in [0.15, 0.2) is 33.9 Å². The van der Waals surface area contributed by atoms with Crippen molar-refractivity contribution in [1.29, 1.82) is 0 Å². The minimum absolute atomic E-state index is 0.413. The van der Waals surface area contributed by atoms with Crippen LogP contribution in [0.25, 0.3) is 0 Å². The van der Waals surface area contributed by atoms with Crippen LogP contribution in [0.2, 0.25) is 0 Å². The fourth-order valence-electron chi connectivity index (χ4n) is 2.00. The van der Waals surface area contributed by atoms with Gasteiger partial charge in [0.25, 0.3) is 0 Å². The molecule has 5 heteroatoms. The highest BCUT2D eigenvalue weighted by Crippen LogP contribution is 2.25. The topological polar surface area (TPSA) is 30.7 Å². The molecule has 0 radical (unpaired) electrons. The average molecular weight is 354 g/mol. The van der Waals surface area contributed by atoms with Gasteiger partial charge in [0.05, 0.1) is 0 Å². The lowest BCUT2D eigenvalue weighted by atomic mass is 10.2. The molecule has 1 heterocycles. The SMILES string of the molecule is CCCn1c(SCc2ccc(Br)cc2)nnc1C(C)C. The van der Waals surface area contributed by atoms with Gasteiger partial charge in [-0.1, -0.05) is 60.6 Å². The number of hydrogen-bond acceptors (Lipinski definition) is 3. The van der Waals surface area contributed by atoms with E-state index in [1.165, 1.54) is 5.56 Å². The normalized spacial score (nSPS) is 11.2. The Balaban J connectivity index is 2.10. The summed E-state index contributed by atoms with van der Waals surface area (Å²) in [4.78, 5) is 0. The second-order valence-corrected chi connectivity index (χ2v) is 6.92. The van der Waals surface area contributed by atoms with Crippen molar-refractivity contribution in [3.05, 3.63) is 40.1 Å². The van der Waals surface area contributed by atoms with Crippen molar-refractivity contribution >= 4 is 27.7 Å². The summed E-state index contributed by atoms with van der Waals surface area (Å²) in [5, 5.41) is 9.73. The molecule has 0 saturated carbocycles. The number of benzene rings is 1. The second-order valence-electron chi connectivity index (χ2n) is 5.06. The van der Waals surface area contributed by atoms with Crippen molar-refractivity contribution < 1.29 is 0 Å². The molecular weight excluding hydrogens is 334 g/mol. The monoisotopic (exact) mass is 353 g/mol. The Kier molecular flexibility index (Phi) is 5.66. The van der Waals surface area contributed by atoms with Gasteiger partial charge in [-0.3, -0.25) is 0 Å². The molecule has 2 aromatic rings. The van der Waals surface area contributed by atoms with Crippen molar-refractivity contribution in [2.75, 3.05) is 0 Å². The van der Waals surface area contributed by atoms with E-state index in [1.54, 1.807) is 11.8 Å². The van der Waals surface area contributed by atoms with E-state index in [1.807, 2.05) is 0 Å². The lowest BCUT2D eigenvalue weighted by Gasteiger charge is -2.10. The predicted molar refractivity (Wildman–Crippen MR) is 88.1 cm³/mol. The molecule has 0 bridgehead atoms. The Bertz CT molecular complexity index is 549. The Morgan fingerprint density at radius 2 is 1.90 bits per heavy atom. The molecule has 20 heavy (non-hydrogen) atoms. The molecule has 0 aliphatic rings. The number of hydrogen-bond donors (Lipinski definition) is 0. The maximum absolute atomic E-state index is 4.36. The van der Waals surface area contributed by atoms with E-state index in [0.717, 1.165) is 34.2 Å². The van der Waals surface area contributed by atoms with Gasteiger partial charge in [0.1, 0.15) is 5.82 Å². The summed E-state index contributed by atoms with van der Waals surface area (Å²) in [6.07, 6.45) is 1.10. The van der Waals surface area contributed by atoms with Crippen LogP contribution in [-0.2, 0) is 12.3 Å². The summed E-state index contributed by atoms with van der Waals surface area (Å²) in [5.41, 5.74) is 1.30. The van der Waals surface area contributed by atoms with Crippen LogP contribution >= 0.6 is 27.7 Å². The Morgan fingerprint density at radius 1 is 1.20 bits per heavy atom. The van der Waals surface area contributed by atoms with E-state index in [9.17, 15) is 0 Å². The minimum atomic E-state index is 0.413. The summed E-state index contributed by atoms with van der Waals surface area (Å²) < 4.78 is 3.37. The lowest BCUT2D eigenvalue weighted by molar-refractivity contribution is 0.572. The quantitative estimate of drug-likeness (QED) is 0.694. The first-order chi connectivity index (χ1) is 9.61. The van der Waals surface area contributed by atoms with E-state index in [-0.39, 0.29) is 0 Å². The lowest BCUT2D eigenvalue weighted by Crippen LogP contribution is -2.06. The van der Waals surface area contributed by atoms with Crippen LogP contribution in [0.4, 0.5) is 0 Å². The standard InChI is InChI=1S/C15H20BrN3S/c1-4-9-19-14(11(2)3)17-18-15(19)20-10-12-5-7-13(16)8-6-12/h5-8,11H,4,9-10H2,1-3H3. The first-order valence-corrected chi connectivity index (χ1v) is 8.70. The first-order valence-electron chi connectivity index (χ1n) is 6.92. The summed E-state index contributed by atoms with van der Waals surface area (Å²) in [6.45, 7) is 7.51. The number of aromatic nitrogens is 3. The van der Waals surface area contributed by atoms with Crippen molar-refractivity contribution in [3.8, 4) is 0 Å². The Labute approximate surface area is 133 Å². The molecule has 0 spiro atoms. The van der Waals surface area contributed by atoms with Crippen LogP contribution in [0.3, 0.4) is 0 Å². The summed E-state index contributed by atoms with van der Waals surface area (Å²) in [7, 11) is 0. The Morgan fingerprint density at radius 3 is 2.50 bits per heavy atom. The van der Waals surface area contributed by atoms with E-state index >= 15 is 0 Å². The molecule has 0 saturated heterocycles. The molecule has 0 atom stereocenters. The molecule has 1 aromatic carbocycles. The highest BCUT2D eigenvalue weighted by atomic mass is 79.9. The van der Waals surface area contributed by atoms with Gasteiger partial charge < -0.3 is 4.57 Å². The zero-order chi connectivity index (χ0) is 14.5. The number of nitrogens with zero attached hydrogens (tertiary/aromatic N) is 3. The van der Waals surface area contributed by atoms with E-state index in [4.69, 9.17) is 0 Å². The summed E-state index contributed by atoms with van der Waals surface area (Å²) >= 11 is 5.22. The summed E-state index contributed by atoms with van der Waals surface area (Å²) in [5.74, 6) is 2.42. The molecule has 0 fully saturated rings. The summed E-state index contributed by atoms with van der Waals surface area (Å²) in [6, 6.07) is 8.43. The van der Waals surface area contributed by atoms with Crippen LogP contribution in [-0.4, -0.2) is 14.8 Å². The van der Waals surface area contributed by atoms with Crippen LogP contribution < -0.4 is 0 Å². The maximum Gasteiger partial charge on any atom is 0.191 e. The second kappa shape index (κ2) is 7.27. The molecule has 0 unspecified atom stereocenters. The van der Waals surface area contributed by atoms with Gasteiger partial charge in [-0.05, 0) is 24.1 Å². The first kappa shape index (κ1) is 15.6. The smallest absolute Gasteiger partial charge is 0.191 e. The zero-order valence-electron chi connectivity index (χ0n) is 12.1. The number of rotatable bonds is 6. The van der Waals surface area contributed by atoms with Crippen LogP contribution in [0, 0.1) is 0 Å². The highest BCUT2D eigenvalue weighted by molar-refractivity contribution is 9.10. The largest absolute Gasteiger partial charge is 0.306 e. The predicted octanol–water partition coefficient (Wildman–Crippen LogP) is 4.87. The van der Waals surface area contributed by atoms with Crippen molar-refractivity contribution in [2.24, 2.45) is 0 Å². The average Bonchev–Trinajstić information content (AvgIpc) is 2.82. The van der Waals surface area contributed by atoms with Gasteiger partial charge in [0.15, 0.2) is 5.16 Å².